The van der Waals surface area contributed by atoms with E-state index in [4.69, 9.17) is 16.3 Å². The van der Waals surface area contributed by atoms with Crippen molar-refractivity contribution in [3.8, 4) is 5.75 Å². The molecule has 28 heavy (non-hydrogen) atoms. The van der Waals surface area contributed by atoms with Crippen molar-refractivity contribution < 1.29 is 17.9 Å². The van der Waals surface area contributed by atoms with Gasteiger partial charge in [0.1, 0.15) is 5.75 Å². The van der Waals surface area contributed by atoms with Gasteiger partial charge < -0.3 is 10.1 Å². The van der Waals surface area contributed by atoms with E-state index in [9.17, 15) is 13.2 Å². The van der Waals surface area contributed by atoms with Gasteiger partial charge in [0.15, 0.2) is 6.61 Å². The van der Waals surface area contributed by atoms with Gasteiger partial charge in [-0.15, -0.1) is 0 Å². The number of carbonyl (C=O) groups excluding carboxylic acids is 1. The van der Waals surface area contributed by atoms with E-state index < -0.39 is 16.1 Å². The smallest absolute Gasteiger partial charge is 0.258 e. The number of benzene rings is 2. The minimum atomic E-state index is -3.77. The van der Waals surface area contributed by atoms with Crippen LogP contribution in [-0.4, -0.2) is 26.5 Å². The molecular weight excluding hydrogens is 400 g/mol. The molecule has 0 spiro atoms. The molecule has 0 bridgehead atoms. The van der Waals surface area contributed by atoms with Gasteiger partial charge >= 0.3 is 0 Å². The van der Waals surface area contributed by atoms with E-state index in [2.05, 4.69) is 10.0 Å². The predicted octanol–water partition coefficient (Wildman–Crippen LogP) is 3.67. The van der Waals surface area contributed by atoms with Crippen molar-refractivity contribution in [3.05, 3.63) is 59.1 Å². The van der Waals surface area contributed by atoms with E-state index in [0.29, 0.717) is 0 Å². The molecule has 0 saturated carbocycles. The number of ether oxygens (including phenoxy) is 1. The fraction of sp³-hybridized carbons (Fsp3) is 0.350. The highest BCUT2D eigenvalue weighted by Gasteiger charge is 2.20. The van der Waals surface area contributed by atoms with Gasteiger partial charge in [0.25, 0.3) is 5.91 Å². The molecule has 2 rings (SSSR count). The summed E-state index contributed by atoms with van der Waals surface area (Å²) in [5.41, 5.74) is 0.477. The summed E-state index contributed by atoms with van der Waals surface area (Å²) in [5, 5.41) is 2.88. The Balaban J connectivity index is 2.07. The quantitative estimate of drug-likeness (QED) is 0.710. The topological polar surface area (TPSA) is 84.5 Å². The molecule has 0 aliphatic heterocycles. The summed E-state index contributed by atoms with van der Waals surface area (Å²) in [6.45, 7) is 7.13. The van der Waals surface area contributed by atoms with Crippen LogP contribution in [0.2, 0.25) is 5.02 Å². The number of hydrogen-bond acceptors (Lipinski definition) is 4. The average molecular weight is 425 g/mol. The van der Waals surface area contributed by atoms with Crippen molar-refractivity contribution in [2.75, 3.05) is 6.61 Å². The summed E-state index contributed by atoms with van der Waals surface area (Å²) < 4.78 is 33.3. The zero-order chi connectivity index (χ0) is 20.9. The normalized spacial score (nSPS) is 13.0. The van der Waals surface area contributed by atoms with E-state index >= 15 is 0 Å². The Morgan fingerprint density at radius 1 is 1.14 bits per heavy atom. The zero-order valence-electron chi connectivity index (χ0n) is 16.3. The number of sulfonamides is 1. The molecular formula is C20H25ClN2O4S. The molecule has 152 valence electrons. The van der Waals surface area contributed by atoms with Gasteiger partial charge in [0.05, 0.1) is 9.92 Å². The third-order valence-corrected chi connectivity index (χ3v) is 5.55. The van der Waals surface area contributed by atoms with Crippen LogP contribution in [0.4, 0.5) is 0 Å². The zero-order valence-corrected chi connectivity index (χ0v) is 17.9. The van der Waals surface area contributed by atoms with Gasteiger partial charge in [0, 0.05) is 11.6 Å². The number of amides is 1. The van der Waals surface area contributed by atoms with Crippen LogP contribution in [0.15, 0.2) is 53.4 Å². The largest absolute Gasteiger partial charge is 0.482 e. The van der Waals surface area contributed by atoms with Crippen molar-refractivity contribution in [3.63, 3.8) is 0 Å². The molecule has 1 atom stereocenters. The summed E-state index contributed by atoms with van der Waals surface area (Å²) in [7, 11) is -3.77. The second-order valence-corrected chi connectivity index (χ2v) is 9.55. The predicted molar refractivity (Wildman–Crippen MR) is 110 cm³/mol. The van der Waals surface area contributed by atoms with Crippen LogP contribution < -0.4 is 14.8 Å². The van der Waals surface area contributed by atoms with E-state index in [1.165, 1.54) is 18.2 Å². The first-order chi connectivity index (χ1) is 13.0. The summed E-state index contributed by atoms with van der Waals surface area (Å²) in [4.78, 5) is 11.9. The molecule has 1 amide bonds. The van der Waals surface area contributed by atoms with Crippen molar-refractivity contribution in [1.29, 1.82) is 0 Å². The second kappa shape index (κ2) is 8.94. The third-order valence-electron chi connectivity index (χ3n) is 3.72. The molecule has 2 N–H and O–H groups in total. The lowest BCUT2D eigenvalue weighted by Crippen LogP contribution is -2.43. The molecule has 6 nitrogen and oxygen atoms in total. The van der Waals surface area contributed by atoms with Crippen LogP contribution in [0.1, 0.15) is 39.3 Å². The number of hydrogen-bond donors (Lipinski definition) is 2. The molecule has 0 saturated heterocycles. The highest BCUT2D eigenvalue weighted by Crippen LogP contribution is 2.28. The standard InChI is InChI=1S/C20H25ClN2O4S/c1-14(15-8-6-5-7-9-15)23-28(25,26)16-10-11-18(17(21)12-16)27-13-19(24)22-20(2,3)4/h5-12,14,23H,13H2,1-4H3,(H,22,24)/t14-/m0/s1. The summed E-state index contributed by atoms with van der Waals surface area (Å²) >= 11 is 6.16. The van der Waals surface area contributed by atoms with Gasteiger partial charge in [-0.1, -0.05) is 41.9 Å². The third kappa shape index (κ3) is 6.51. The number of nitrogens with one attached hydrogen (secondary N) is 2. The Morgan fingerprint density at radius 2 is 1.79 bits per heavy atom. The van der Waals surface area contributed by atoms with Crippen LogP contribution in [0.25, 0.3) is 0 Å². The van der Waals surface area contributed by atoms with E-state index in [0.717, 1.165) is 5.56 Å². The average Bonchev–Trinajstić information content (AvgIpc) is 2.59. The van der Waals surface area contributed by atoms with Gasteiger partial charge in [-0.25, -0.2) is 13.1 Å². The van der Waals surface area contributed by atoms with Gasteiger partial charge in [0.2, 0.25) is 10.0 Å². The molecule has 0 aliphatic carbocycles. The van der Waals surface area contributed by atoms with Crippen LogP contribution in [0, 0.1) is 0 Å². The molecule has 0 radical (unpaired) electrons. The summed E-state index contributed by atoms with van der Waals surface area (Å²) in [5.74, 6) is -0.0561. The maximum absolute atomic E-state index is 12.6. The number of halogens is 1. The first-order valence-corrected chi connectivity index (χ1v) is 10.6. The van der Waals surface area contributed by atoms with Crippen molar-refractivity contribution in [2.45, 2.75) is 44.2 Å². The van der Waals surface area contributed by atoms with Crippen molar-refractivity contribution >= 4 is 27.5 Å². The molecule has 2 aromatic carbocycles. The minimum Gasteiger partial charge on any atom is -0.482 e. The monoisotopic (exact) mass is 424 g/mol. The maximum Gasteiger partial charge on any atom is 0.258 e. The van der Waals surface area contributed by atoms with E-state index in [-0.39, 0.29) is 33.7 Å². The van der Waals surface area contributed by atoms with Crippen molar-refractivity contribution in [1.82, 2.24) is 10.0 Å². The summed E-state index contributed by atoms with van der Waals surface area (Å²) in [6.07, 6.45) is 0. The van der Waals surface area contributed by atoms with Gasteiger partial charge in [-0.05, 0) is 51.5 Å². The molecule has 0 unspecified atom stereocenters. The van der Waals surface area contributed by atoms with E-state index in [1.54, 1.807) is 6.92 Å². The Morgan fingerprint density at radius 3 is 2.36 bits per heavy atom. The lowest BCUT2D eigenvalue weighted by molar-refractivity contribution is -0.124. The highest BCUT2D eigenvalue weighted by molar-refractivity contribution is 7.89. The fourth-order valence-electron chi connectivity index (χ4n) is 2.47. The van der Waals surface area contributed by atoms with E-state index in [1.807, 2.05) is 51.1 Å². The van der Waals surface area contributed by atoms with Crippen LogP contribution in [-0.2, 0) is 14.8 Å². The lowest BCUT2D eigenvalue weighted by Gasteiger charge is -2.20. The lowest BCUT2D eigenvalue weighted by atomic mass is 10.1. The molecule has 0 aliphatic rings. The number of rotatable bonds is 7. The van der Waals surface area contributed by atoms with Gasteiger partial charge in [-0.2, -0.15) is 0 Å². The fourth-order valence-corrected chi connectivity index (χ4v) is 4.03. The second-order valence-electron chi connectivity index (χ2n) is 7.43. The maximum atomic E-state index is 12.6. The highest BCUT2D eigenvalue weighted by atomic mass is 35.5. The Bertz CT molecular complexity index is 925. The summed E-state index contributed by atoms with van der Waals surface area (Å²) in [6, 6.07) is 13.0. The molecule has 2 aromatic rings. The Kier molecular flexibility index (Phi) is 7.09. The first-order valence-electron chi connectivity index (χ1n) is 8.78. The van der Waals surface area contributed by atoms with Crippen LogP contribution >= 0.6 is 11.6 Å². The number of carbonyl (C=O) groups is 1. The minimum absolute atomic E-state index is 0.0202. The van der Waals surface area contributed by atoms with Crippen molar-refractivity contribution in [2.24, 2.45) is 0 Å². The van der Waals surface area contributed by atoms with Crippen LogP contribution in [0.3, 0.4) is 0 Å². The first kappa shape index (κ1) is 22.2. The molecule has 8 heteroatoms. The molecule has 0 heterocycles. The molecule has 0 aromatic heterocycles. The van der Waals surface area contributed by atoms with Crippen LogP contribution in [0.5, 0.6) is 5.75 Å². The van der Waals surface area contributed by atoms with Gasteiger partial charge in [-0.3, -0.25) is 4.79 Å². The Labute approximate surface area is 171 Å². The molecule has 0 fully saturated rings. The Hall–Kier alpha value is -2.09. The SMILES string of the molecule is C[C@H](NS(=O)(=O)c1ccc(OCC(=O)NC(C)(C)C)c(Cl)c1)c1ccccc1.